The van der Waals surface area contributed by atoms with Gasteiger partial charge in [-0.2, -0.15) is 5.48 Å². The minimum absolute atomic E-state index is 0.571. The molecule has 0 saturated carbocycles. The predicted octanol–water partition coefficient (Wildman–Crippen LogP) is 3.61. The fraction of sp³-hybridized carbons (Fsp3) is 0.429. The summed E-state index contributed by atoms with van der Waals surface area (Å²) >= 11 is 0. The number of nitrogens with one attached hydrogen (secondary N) is 2. The fourth-order valence-electron chi connectivity index (χ4n) is 4.61. The molecule has 9 heteroatoms. The first-order chi connectivity index (χ1) is 18.0. The largest absolute Gasteiger partial charge is 0.496 e. The smallest absolute Gasteiger partial charge is 0.227 e. The van der Waals surface area contributed by atoms with Crippen LogP contribution in [0.5, 0.6) is 5.75 Å². The number of aromatic nitrogens is 2. The highest BCUT2D eigenvalue weighted by atomic mass is 16.7. The first kappa shape index (κ1) is 26.8. The third-order valence-electron chi connectivity index (χ3n) is 6.95. The summed E-state index contributed by atoms with van der Waals surface area (Å²) in [5, 5.41) is 13.6. The van der Waals surface area contributed by atoms with E-state index in [4.69, 9.17) is 9.57 Å². The van der Waals surface area contributed by atoms with Gasteiger partial charge in [-0.1, -0.05) is 13.0 Å². The van der Waals surface area contributed by atoms with Gasteiger partial charge in [0.1, 0.15) is 5.75 Å². The molecule has 198 valence electrons. The maximum absolute atomic E-state index is 10.3. The maximum atomic E-state index is 10.3. The number of aliphatic hydroxyl groups excluding tert-OH is 1. The van der Waals surface area contributed by atoms with E-state index < -0.39 is 6.23 Å². The highest BCUT2D eigenvalue weighted by Crippen LogP contribution is 2.28. The molecule has 37 heavy (non-hydrogen) atoms. The number of likely N-dealkylation sites (N-methyl/N-ethyl adjacent to an activating group) is 1. The lowest BCUT2D eigenvalue weighted by atomic mass is 9.97. The Bertz CT molecular complexity index is 1130. The van der Waals surface area contributed by atoms with Crippen molar-refractivity contribution in [2.45, 2.75) is 32.9 Å². The third kappa shape index (κ3) is 6.95. The number of hydrogen-bond donors (Lipinski definition) is 3. The Labute approximate surface area is 219 Å². The molecule has 0 radical (unpaired) electrons. The van der Waals surface area contributed by atoms with Crippen LogP contribution in [0.1, 0.15) is 35.4 Å². The van der Waals surface area contributed by atoms with Crippen molar-refractivity contribution in [2.24, 2.45) is 0 Å². The standard InChI is InChI=1S/C28H38N6O3/c1-5-33-12-14-34(15-13-33)25-10-8-24(9-11-25)31-28-29-18-21(19-30-28)6-7-22-16-23(27(35)32-37-4)17-26(36-3)20(22)2/h8-11,16-19,27,32,35H,5-7,12-15H2,1-4H3,(H,29,30,31). The molecular weight excluding hydrogens is 468 g/mol. The monoisotopic (exact) mass is 506 g/mol. The van der Waals surface area contributed by atoms with Crippen LogP contribution < -0.4 is 20.4 Å². The zero-order valence-electron chi connectivity index (χ0n) is 22.2. The maximum Gasteiger partial charge on any atom is 0.227 e. The Morgan fingerprint density at radius 3 is 2.32 bits per heavy atom. The molecule has 1 aliphatic heterocycles. The third-order valence-corrected chi connectivity index (χ3v) is 6.95. The summed E-state index contributed by atoms with van der Waals surface area (Å²) in [4.78, 5) is 18.8. The van der Waals surface area contributed by atoms with Crippen molar-refractivity contribution in [3.8, 4) is 5.75 Å². The zero-order chi connectivity index (χ0) is 26.2. The number of methoxy groups -OCH3 is 1. The topological polar surface area (TPSA) is 95.0 Å². The number of rotatable bonds is 11. The lowest BCUT2D eigenvalue weighted by Crippen LogP contribution is -2.46. The highest BCUT2D eigenvalue weighted by molar-refractivity contribution is 5.59. The molecule has 9 nitrogen and oxygen atoms in total. The van der Waals surface area contributed by atoms with Crippen LogP contribution in [0.25, 0.3) is 0 Å². The predicted molar refractivity (Wildman–Crippen MR) is 146 cm³/mol. The number of aliphatic hydroxyl groups is 1. The van der Waals surface area contributed by atoms with Gasteiger partial charge in [-0.05, 0) is 73.3 Å². The minimum Gasteiger partial charge on any atom is -0.496 e. The summed E-state index contributed by atoms with van der Waals surface area (Å²) in [6.07, 6.45) is 4.30. The molecule has 1 atom stereocenters. The Morgan fingerprint density at radius 1 is 1.00 bits per heavy atom. The molecule has 0 aliphatic carbocycles. The summed E-state index contributed by atoms with van der Waals surface area (Å²) < 4.78 is 5.51. The second kappa shape index (κ2) is 12.8. The van der Waals surface area contributed by atoms with E-state index in [9.17, 15) is 5.11 Å². The van der Waals surface area contributed by atoms with Crippen LogP contribution in [0, 0.1) is 6.92 Å². The molecule has 3 N–H and O–H groups in total. The normalized spacial score (nSPS) is 15.0. The highest BCUT2D eigenvalue weighted by Gasteiger charge is 2.16. The summed E-state index contributed by atoms with van der Waals surface area (Å²) in [6, 6.07) is 12.3. The quantitative estimate of drug-likeness (QED) is 0.266. The second-order valence-electron chi connectivity index (χ2n) is 9.24. The molecule has 1 fully saturated rings. The Morgan fingerprint density at radius 2 is 1.70 bits per heavy atom. The Kier molecular flexibility index (Phi) is 9.29. The van der Waals surface area contributed by atoms with E-state index in [1.165, 1.54) is 12.8 Å². The van der Waals surface area contributed by atoms with Crippen LogP contribution in [-0.2, 0) is 17.7 Å². The van der Waals surface area contributed by atoms with Crippen LogP contribution in [0.2, 0.25) is 0 Å². The van der Waals surface area contributed by atoms with Crippen molar-refractivity contribution < 1.29 is 14.7 Å². The molecule has 4 rings (SSSR count). The van der Waals surface area contributed by atoms with E-state index in [2.05, 4.69) is 61.8 Å². The van der Waals surface area contributed by atoms with Gasteiger partial charge in [-0.3, -0.25) is 0 Å². The molecule has 1 unspecified atom stereocenters. The van der Waals surface area contributed by atoms with Gasteiger partial charge >= 0.3 is 0 Å². The Balaban J connectivity index is 1.34. The summed E-state index contributed by atoms with van der Waals surface area (Å²) in [7, 11) is 3.10. The molecular formula is C28H38N6O3. The lowest BCUT2D eigenvalue weighted by Gasteiger charge is -2.35. The van der Waals surface area contributed by atoms with Crippen LogP contribution >= 0.6 is 0 Å². The molecule has 0 amide bonds. The van der Waals surface area contributed by atoms with Crippen molar-refractivity contribution in [2.75, 3.05) is 57.2 Å². The number of hydroxylamine groups is 1. The average Bonchev–Trinajstić information content (AvgIpc) is 2.94. The first-order valence-corrected chi connectivity index (χ1v) is 12.8. The molecule has 2 heterocycles. The number of anilines is 3. The minimum atomic E-state index is -0.938. The molecule has 1 aromatic heterocycles. The number of aryl methyl sites for hydroxylation is 2. The Hall–Kier alpha value is -3.24. The van der Waals surface area contributed by atoms with Gasteiger partial charge in [0.15, 0.2) is 6.23 Å². The van der Waals surface area contributed by atoms with Crippen molar-refractivity contribution in [1.29, 1.82) is 0 Å². The molecule has 0 spiro atoms. The van der Waals surface area contributed by atoms with E-state index in [-0.39, 0.29) is 0 Å². The zero-order valence-corrected chi connectivity index (χ0v) is 22.2. The molecule has 0 bridgehead atoms. The molecule has 3 aromatic rings. The first-order valence-electron chi connectivity index (χ1n) is 12.8. The van der Waals surface area contributed by atoms with Gasteiger partial charge in [0.25, 0.3) is 0 Å². The fourth-order valence-corrected chi connectivity index (χ4v) is 4.61. The molecule has 1 saturated heterocycles. The van der Waals surface area contributed by atoms with Crippen LogP contribution in [0.15, 0.2) is 48.8 Å². The van der Waals surface area contributed by atoms with Gasteiger partial charge < -0.3 is 29.8 Å². The number of hydrogen-bond acceptors (Lipinski definition) is 9. The van der Waals surface area contributed by atoms with E-state index in [0.29, 0.717) is 11.5 Å². The number of nitrogens with zero attached hydrogens (tertiary/aromatic N) is 4. The summed E-state index contributed by atoms with van der Waals surface area (Å²) in [5.74, 6) is 1.30. The van der Waals surface area contributed by atoms with Crippen LogP contribution in [0.3, 0.4) is 0 Å². The van der Waals surface area contributed by atoms with E-state index >= 15 is 0 Å². The number of ether oxygens (including phenoxy) is 1. The van der Waals surface area contributed by atoms with Crippen molar-refractivity contribution in [3.05, 3.63) is 71.0 Å². The van der Waals surface area contributed by atoms with Crippen molar-refractivity contribution in [1.82, 2.24) is 20.3 Å². The molecule has 1 aliphatic rings. The van der Waals surface area contributed by atoms with Crippen molar-refractivity contribution >= 4 is 17.3 Å². The SMILES string of the molecule is CCN1CCN(c2ccc(Nc3ncc(CCc4cc(C(O)NOC)cc(OC)c4C)cn3)cc2)CC1. The van der Waals surface area contributed by atoms with E-state index in [1.807, 2.05) is 31.5 Å². The van der Waals surface area contributed by atoms with Gasteiger partial charge in [0.05, 0.1) is 14.2 Å². The van der Waals surface area contributed by atoms with Gasteiger partial charge in [-0.15, -0.1) is 0 Å². The second-order valence-corrected chi connectivity index (χ2v) is 9.24. The number of benzene rings is 2. The average molecular weight is 507 g/mol. The van der Waals surface area contributed by atoms with E-state index in [1.54, 1.807) is 7.11 Å². The van der Waals surface area contributed by atoms with Gasteiger partial charge in [0.2, 0.25) is 5.95 Å². The van der Waals surface area contributed by atoms with Gasteiger partial charge in [0, 0.05) is 55.5 Å². The van der Waals surface area contributed by atoms with E-state index in [0.717, 1.165) is 73.7 Å². The van der Waals surface area contributed by atoms with Crippen LogP contribution in [0.4, 0.5) is 17.3 Å². The van der Waals surface area contributed by atoms with Crippen molar-refractivity contribution in [3.63, 3.8) is 0 Å². The number of piperazine rings is 1. The summed E-state index contributed by atoms with van der Waals surface area (Å²) in [5.41, 5.74) is 8.62. The lowest BCUT2D eigenvalue weighted by molar-refractivity contribution is -0.0321. The van der Waals surface area contributed by atoms with Gasteiger partial charge in [-0.25, -0.2) is 9.97 Å². The van der Waals surface area contributed by atoms with Crippen LogP contribution in [-0.4, -0.2) is 66.9 Å². The summed E-state index contributed by atoms with van der Waals surface area (Å²) in [6.45, 7) is 9.71. The molecule has 2 aromatic carbocycles.